The van der Waals surface area contributed by atoms with Crippen LogP contribution in [0.3, 0.4) is 0 Å². The zero-order valence-electron chi connectivity index (χ0n) is 11.0. The summed E-state index contributed by atoms with van der Waals surface area (Å²) in [7, 11) is 0. The van der Waals surface area contributed by atoms with Gasteiger partial charge < -0.3 is 10.2 Å². The minimum absolute atomic E-state index is 0.107. The number of carboxylic acid groups (broad SMARTS) is 1. The molecular weight excluding hydrogens is 240 g/mol. The van der Waals surface area contributed by atoms with Gasteiger partial charge in [0.25, 0.3) is 0 Å². The van der Waals surface area contributed by atoms with Gasteiger partial charge in [0.2, 0.25) is 0 Å². The van der Waals surface area contributed by atoms with Gasteiger partial charge in [-0.15, -0.1) is 0 Å². The van der Waals surface area contributed by atoms with Crippen LogP contribution in [0.15, 0.2) is 36.4 Å². The van der Waals surface area contributed by atoms with E-state index >= 15 is 0 Å². The van der Waals surface area contributed by atoms with Crippen LogP contribution >= 0.6 is 0 Å². The lowest BCUT2D eigenvalue weighted by atomic mass is 9.89. The van der Waals surface area contributed by atoms with Gasteiger partial charge in [0, 0.05) is 0 Å². The Labute approximate surface area is 112 Å². The first-order valence-electron chi connectivity index (χ1n) is 6.09. The van der Waals surface area contributed by atoms with Crippen LogP contribution in [-0.2, 0) is 6.61 Å². The Bertz CT molecular complexity index is 630. The van der Waals surface area contributed by atoms with E-state index in [4.69, 9.17) is 0 Å². The van der Waals surface area contributed by atoms with E-state index in [-0.39, 0.29) is 12.2 Å². The smallest absolute Gasteiger partial charge is 0.336 e. The number of aliphatic hydroxyl groups is 1. The van der Waals surface area contributed by atoms with Crippen molar-refractivity contribution in [2.45, 2.75) is 20.5 Å². The van der Waals surface area contributed by atoms with E-state index in [1.165, 1.54) is 0 Å². The molecule has 2 aromatic carbocycles. The molecule has 2 rings (SSSR count). The topological polar surface area (TPSA) is 57.5 Å². The molecule has 0 aliphatic carbocycles. The molecule has 3 heteroatoms. The van der Waals surface area contributed by atoms with Gasteiger partial charge in [-0.2, -0.15) is 0 Å². The zero-order valence-corrected chi connectivity index (χ0v) is 11.0. The van der Waals surface area contributed by atoms with Crippen molar-refractivity contribution in [3.8, 4) is 11.1 Å². The van der Waals surface area contributed by atoms with E-state index < -0.39 is 5.97 Å². The molecule has 98 valence electrons. The van der Waals surface area contributed by atoms with Crippen LogP contribution in [0.2, 0.25) is 0 Å². The highest BCUT2D eigenvalue weighted by Crippen LogP contribution is 2.33. The van der Waals surface area contributed by atoms with Gasteiger partial charge in [-0.05, 0) is 47.7 Å². The summed E-state index contributed by atoms with van der Waals surface area (Å²) >= 11 is 0. The molecule has 0 bridgehead atoms. The van der Waals surface area contributed by atoms with Crippen molar-refractivity contribution in [3.63, 3.8) is 0 Å². The third-order valence-electron chi connectivity index (χ3n) is 3.28. The van der Waals surface area contributed by atoms with Gasteiger partial charge in [-0.1, -0.05) is 30.3 Å². The van der Waals surface area contributed by atoms with Crippen LogP contribution in [0, 0.1) is 13.8 Å². The van der Waals surface area contributed by atoms with E-state index in [2.05, 4.69) is 0 Å². The van der Waals surface area contributed by atoms with Gasteiger partial charge in [0.15, 0.2) is 0 Å². The summed E-state index contributed by atoms with van der Waals surface area (Å²) in [5.74, 6) is -0.953. The molecule has 0 aliphatic rings. The third-order valence-corrected chi connectivity index (χ3v) is 3.28. The second kappa shape index (κ2) is 5.24. The van der Waals surface area contributed by atoms with Crippen LogP contribution in [-0.4, -0.2) is 16.2 Å². The monoisotopic (exact) mass is 256 g/mol. The standard InChI is InChI=1S/C16H16O3/c1-10-5-3-7-12(9-17)14(10)15-11(2)6-4-8-13(15)16(18)19/h3-8,17H,9H2,1-2H3,(H,18,19). The summed E-state index contributed by atoms with van der Waals surface area (Å²) in [5, 5.41) is 18.8. The van der Waals surface area contributed by atoms with Crippen LogP contribution in [0.4, 0.5) is 0 Å². The lowest BCUT2D eigenvalue weighted by Crippen LogP contribution is -2.04. The highest BCUT2D eigenvalue weighted by atomic mass is 16.4. The molecule has 0 radical (unpaired) electrons. The summed E-state index contributed by atoms with van der Waals surface area (Å²) in [4.78, 5) is 11.4. The van der Waals surface area contributed by atoms with Crippen molar-refractivity contribution in [2.75, 3.05) is 0 Å². The van der Waals surface area contributed by atoms with Gasteiger partial charge in [-0.3, -0.25) is 0 Å². The van der Waals surface area contributed by atoms with Crippen LogP contribution in [0.1, 0.15) is 27.0 Å². The summed E-state index contributed by atoms with van der Waals surface area (Å²) in [6, 6.07) is 10.8. The summed E-state index contributed by atoms with van der Waals surface area (Å²) < 4.78 is 0. The van der Waals surface area contributed by atoms with Crippen molar-refractivity contribution in [2.24, 2.45) is 0 Å². The molecule has 0 atom stereocenters. The molecular formula is C16H16O3. The Kier molecular flexibility index (Phi) is 3.67. The lowest BCUT2D eigenvalue weighted by molar-refractivity contribution is 0.0697. The number of benzene rings is 2. The fourth-order valence-corrected chi connectivity index (χ4v) is 2.40. The number of carboxylic acids is 1. The molecule has 0 amide bonds. The van der Waals surface area contributed by atoms with Gasteiger partial charge in [-0.25, -0.2) is 4.79 Å². The third kappa shape index (κ3) is 2.37. The quantitative estimate of drug-likeness (QED) is 0.886. The van der Waals surface area contributed by atoms with E-state index in [1.807, 2.05) is 38.1 Å². The van der Waals surface area contributed by atoms with Crippen LogP contribution in [0.5, 0.6) is 0 Å². The van der Waals surface area contributed by atoms with E-state index in [9.17, 15) is 15.0 Å². The normalized spacial score (nSPS) is 10.5. The first-order valence-corrected chi connectivity index (χ1v) is 6.09. The highest BCUT2D eigenvalue weighted by Gasteiger charge is 2.17. The second-order valence-corrected chi connectivity index (χ2v) is 4.57. The fraction of sp³-hybridized carbons (Fsp3) is 0.188. The average Bonchev–Trinajstić information content (AvgIpc) is 2.38. The summed E-state index contributed by atoms with van der Waals surface area (Å²) in [6.45, 7) is 3.70. The number of carbonyl (C=O) groups is 1. The van der Waals surface area contributed by atoms with E-state index in [0.29, 0.717) is 5.56 Å². The van der Waals surface area contributed by atoms with E-state index in [1.54, 1.807) is 12.1 Å². The maximum Gasteiger partial charge on any atom is 0.336 e. The number of aromatic carboxylic acids is 1. The first-order chi connectivity index (χ1) is 9.06. The maximum atomic E-state index is 11.4. The first kappa shape index (κ1) is 13.3. The molecule has 3 nitrogen and oxygen atoms in total. The number of rotatable bonds is 3. The van der Waals surface area contributed by atoms with Gasteiger partial charge in [0.1, 0.15) is 0 Å². The minimum atomic E-state index is -0.953. The van der Waals surface area contributed by atoms with Crippen molar-refractivity contribution in [3.05, 3.63) is 58.7 Å². The Hall–Kier alpha value is -2.13. The van der Waals surface area contributed by atoms with Crippen molar-refractivity contribution >= 4 is 5.97 Å². The van der Waals surface area contributed by atoms with Crippen molar-refractivity contribution < 1.29 is 15.0 Å². The Morgan fingerprint density at radius 1 is 1.00 bits per heavy atom. The Morgan fingerprint density at radius 2 is 1.58 bits per heavy atom. The molecule has 0 saturated heterocycles. The molecule has 0 spiro atoms. The summed E-state index contributed by atoms with van der Waals surface area (Å²) in [6.07, 6.45) is 0. The number of hydrogen-bond donors (Lipinski definition) is 2. The SMILES string of the molecule is Cc1cccc(CO)c1-c1c(C)cccc1C(=O)O. The fourth-order valence-electron chi connectivity index (χ4n) is 2.40. The van der Waals surface area contributed by atoms with Crippen LogP contribution in [0.25, 0.3) is 11.1 Å². The largest absolute Gasteiger partial charge is 0.478 e. The Morgan fingerprint density at radius 3 is 2.16 bits per heavy atom. The highest BCUT2D eigenvalue weighted by molar-refractivity contribution is 5.98. The average molecular weight is 256 g/mol. The molecule has 2 N–H and O–H groups in total. The minimum Gasteiger partial charge on any atom is -0.478 e. The van der Waals surface area contributed by atoms with Crippen molar-refractivity contribution in [1.82, 2.24) is 0 Å². The van der Waals surface area contributed by atoms with Gasteiger partial charge >= 0.3 is 5.97 Å². The molecule has 0 unspecified atom stereocenters. The van der Waals surface area contributed by atoms with Crippen molar-refractivity contribution in [1.29, 1.82) is 0 Å². The predicted octanol–water partition coefficient (Wildman–Crippen LogP) is 3.16. The van der Waals surface area contributed by atoms with E-state index in [0.717, 1.165) is 22.3 Å². The molecule has 2 aromatic rings. The molecule has 19 heavy (non-hydrogen) atoms. The zero-order chi connectivity index (χ0) is 14.0. The van der Waals surface area contributed by atoms with Crippen LogP contribution < -0.4 is 0 Å². The van der Waals surface area contributed by atoms with Gasteiger partial charge in [0.05, 0.1) is 12.2 Å². The molecule has 0 fully saturated rings. The molecule has 0 aliphatic heterocycles. The number of aliphatic hydroxyl groups excluding tert-OH is 1. The lowest BCUT2D eigenvalue weighted by Gasteiger charge is -2.16. The second-order valence-electron chi connectivity index (χ2n) is 4.57. The number of hydrogen-bond acceptors (Lipinski definition) is 2. The molecule has 0 heterocycles. The Balaban J connectivity index is 2.82. The predicted molar refractivity (Wildman–Crippen MR) is 74.2 cm³/mol. The molecule has 0 aromatic heterocycles. The summed E-state index contributed by atoms with van der Waals surface area (Å²) in [5.41, 5.74) is 4.38. The molecule has 0 saturated carbocycles. The number of aryl methyl sites for hydroxylation is 2. The maximum absolute atomic E-state index is 11.4.